The van der Waals surface area contributed by atoms with Gasteiger partial charge < -0.3 is 0 Å². The first-order chi connectivity index (χ1) is 18.3. The van der Waals surface area contributed by atoms with Gasteiger partial charge in [-0.2, -0.15) is 0 Å². The monoisotopic (exact) mass is 487 g/mol. The molecule has 172 valence electrons. The van der Waals surface area contributed by atoms with E-state index in [-0.39, 0.29) is 0 Å². The first-order valence-corrected chi connectivity index (χ1v) is 13.4. The largest absolute Gasteiger partial charge is 0.236 e. The van der Waals surface area contributed by atoms with E-state index >= 15 is 0 Å². The van der Waals surface area contributed by atoms with Crippen LogP contribution >= 0.6 is 11.3 Å². The van der Waals surface area contributed by atoms with Gasteiger partial charge in [-0.25, -0.2) is 4.98 Å². The first kappa shape index (κ1) is 20.6. The Kier molecular flexibility index (Phi) is 4.46. The Balaban J connectivity index is 1.26. The highest BCUT2D eigenvalue weighted by molar-refractivity contribution is 7.25. The predicted octanol–water partition coefficient (Wildman–Crippen LogP) is 10.2. The molecule has 0 saturated carbocycles. The van der Waals surface area contributed by atoms with E-state index in [1.807, 2.05) is 0 Å². The van der Waals surface area contributed by atoms with Crippen molar-refractivity contribution in [2.45, 2.75) is 0 Å². The van der Waals surface area contributed by atoms with Crippen LogP contribution in [0.15, 0.2) is 127 Å². The molecule has 0 radical (unpaired) electrons. The predicted molar refractivity (Wildman–Crippen MR) is 161 cm³/mol. The number of rotatable bonds is 2. The number of benzene rings is 6. The molecule has 0 spiro atoms. The lowest BCUT2D eigenvalue weighted by Crippen LogP contribution is -1.88. The summed E-state index contributed by atoms with van der Waals surface area (Å²) in [6.45, 7) is 0. The van der Waals surface area contributed by atoms with E-state index in [1.54, 1.807) is 11.3 Å². The van der Waals surface area contributed by atoms with Gasteiger partial charge in [0.05, 0.1) is 5.69 Å². The van der Waals surface area contributed by atoms with Crippen LogP contribution in [0.4, 0.5) is 0 Å². The summed E-state index contributed by atoms with van der Waals surface area (Å²) in [5.41, 5.74) is 4.63. The summed E-state index contributed by atoms with van der Waals surface area (Å²) >= 11 is 1.78. The van der Waals surface area contributed by atoms with Crippen LogP contribution in [-0.4, -0.2) is 4.98 Å². The SMILES string of the molecule is c1ccc2c(c1)ccc1cc(-c3ccc(-c4nc5sc6ccccc6c5c5ccccc45)cc3)ccc12. The molecule has 0 fully saturated rings. The number of hydrogen-bond acceptors (Lipinski definition) is 2. The highest BCUT2D eigenvalue weighted by Gasteiger charge is 2.15. The van der Waals surface area contributed by atoms with Gasteiger partial charge in [0.15, 0.2) is 0 Å². The molecule has 0 aliphatic rings. The number of fused-ring (bicyclic) bond motifs is 8. The summed E-state index contributed by atoms with van der Waals surface area (Å²) in [7, 11) is 0. The van der Waals surface area contributed by atoms with Gasteiger partial charge in [-0.3, -0.25) is 0 Å². The van der Waals surface area contributed by atoms with Gasteiger partial charge in [0.25, 0.3) is 0 Å². The lowest BCUT2D eigenvalue weighted by atomic mass is 9.96. The lowest BCUT2D eigenvalue weighted by Gasteiger charge is -2.10. The van der Waals surface area contributed by atoms with Crippen LogP contribution in [0.25, 0.3) is 75.0 Å². The summed E-state index contributed by atoms with van der Waals surface area (Å²) in [6, 6.07) is 46.0. The van der Waals surface area contributed by atoms with Crippen LogP contribution in [0.2, 0.25) is 0 Å². The van der Waals surface area contributed by atoms with Gasteiger partial charge in [0.1, 0.15) is 4.83 Å². The Morgan fingerprint density at radius 3 is 1.92 bits per heavy atom. The molecular formula is C35H21NS. The third-order valence-electron chi connectivity index (χ3n) is 7.48. The number of pyridine rings is 1. The van der Waals surface area contributed by atoms with Crippen LogP contribution < -0.4 is 0 Å². The van der Waals surface area contributed by atoms with E-state index in [0.717, 1.165) is 16.1 Å². The maximum Gasteiger partial charge on any atom is 0.125 e. The Labute approximate surface area is 218 Å². The van der Waals surface area contributed by atoms with Crippen molar-refractivity contribution in [2.24, 2.45) is 0 Å². The normalized spacial score (nSPS) is 11.8. The molecular weight excluding hydrogens is 466 g/mol. The molecule has 2 heteroatoms. The minimum Gasteiger partial charge on any atom is -0.236 e. The lowest BCUT2D eigenvalue weighted by molar-refractivity contribution is 1.45. The molecule has 0 aliphatic carbocycles. The van der Waals surface area contributed by atoms with Crippen molar-refractivity contribution in [1.82, 2.24) is 4.98 Å². The number of thiophene rings is 1. The average Bonchev–Trinajstić information content (AvgIpc) is 3.35. The van der Waals surface area contributed by atoms with E-state index in [0.29, 0.717) is 0 Å². The van der Waals surface area contributed by atoms with Gasteiger partial charge >= 0.3 is 0 Å². The second-order valence-corrected chi connectivity index (χ2v) is 10.6. The van der Waals surface area contributed by atoms with Crippen molar-refractivity contribution in [1.29, 1.82) is 0 Å². The fourth-order valence-electron chi connectivity index (χ4n) is 5.67. The Morgan fingerprint density at radius 1 is 0.432 bits per heavy atom. The summed E-state index contributed by atoms with van der Waals surface area (Å²) in [5, 5.41) is 10.2. The van der Waals surface area contributed by atoms with Crippen molar-refractivity contribution < 1.29 is 0 Å². The summed E-state index contributed by atoms with van der Waals surface area (Å²) in [4.78, 5) is 6.30. The fraction of sp³-hybridized carbons (Fsp3) is 0. The van der Waals surface area contributed by atoms with Gasteiger partial charge in [0, 0.05) is 26.4 Å². The van der Waals surface area contributed by atoms with E-state index in [4.69, 9.17) is 4.98 Å². The minimum atomic E-state index is 1.05. The smallest absolute Gasteiger partial charge is 0.125 e. The summed E-state index contributed by atoms with van der Waals surface area (Å²) in [5.74, 6) is 0. The van der Waals surface area contributed by atoms with Gasteiger partial charge in [0.2, 0.25) is 0 Å². The molecule has 6 aromatic carbocycles. The Morgan fingerprint density at radius 2 is 1.05 bits per heavy atom. The number of aromatic nitrogens is 1. The van der Waals surface area contributed by atoms with Crippen molar-refractivity contribution in [2.75, 3.05) is 0 Å². The van der Waals surface area contributed by atoms with Gasteiger partial charge in [-0.1, -0.05) is 115 Å². The second-order valence-electron chi connectivity index (χ2n) is 9.58. The molecule has 1 nitrogen and oxygen atoms in total. The molecule has 37 heavy (non-hydrogen) atoms. The van der Waals surface area contributed by atoms with E-state index in [1.165, 1.54) is 58.9 Å². The molecule has 0 aliphatic heterocycles. The van der Waals surface area contributed by atoms with E-state index < -0.39 is 0 Å². The first-order valence-electron chi connectivity index (χ1n) is 12.6. The van der Waals surface area contributed by atoms with Crippen LogP contribution in [0, 0.1) is 0 Å². The molecule has 0 amide bonds. The second kappa shape index (κ2) is 7.99. The fourth-order valence-corrected chi connectivity index (χ4v) is 6.77. The molecule has 8 rings (SSSR count). The maximum absolute atomic E-state index is 5.20. The molecule has 8 aromatic rings. The third kappa shape index (κ3) is 3.20. The van der Waals surface area contributed by atoms with Crippen LogP contribution in [0.5, 0.6) is 0 Å². The maximum atomic E-state index is 5.20. The number of hydrogen-bond donors (Lipinski definition) is 0. The molecule has 0 N–H and O–H groups in total. The van der Waals surface area contributed by atoms with Crippen LogP contribution in [-0.2, 0) is 0 Å². The Bertz CT molecular complexity index is 2130. The zero-order valence-electron chi connectivity index (χ0n) is 20.0. The Hall–Kier alpha value is -4.53. The average molecular weight is 488 g/mol. The summed E-state index contributed by atoms with van der Waals surface area (Å²) < 4.78 is 1.28. The zero-order chi connectivity index (χ0) is 24.3. The van der Waals surface area contributed by atoms with E-state index in [9.17, 15) is 0 Å². The van der Waals surface area contributed by atoms with E-state index in [2.05, 4.69) is 127 Å². The highest BCUT2D eigenvalue weighted by Crippen LogP contribution is 2.41. The third-order valence-corrected chi connectivity index (χ3v) is 8.54. The molecule has 2 aromatic heterocycles. The zero-order valence-corrected chi connectivity index (χ0v) is 20.8. The summed E-state index contributed by atoms with van der Waals surface area (Å²) in [6.07, 6.45) is 0. The van der Waals surface area contributed by atoms with Crippen LogP contribution in [0.3, 0.4) is 0 Å². The molecule has 0 unspecified atom stereocenters. The molecule has 2 heterocycles. The minimum absolute atomic E-state index is 1.05. The van der Waals surface area contributed by atoms with Gasteiger partial charge in [-0.15, -0.1) is 11.3 Å². The number of nitrogens with zero attached hydrogens (tertiary/aromatic N) is 1. The standard InChI is InChI=1S/C35H21NS/c1-2-8-27-23(7-1)15-18-26-21-25(19-20-28(26)27)22-13-16-24(17-14-22)34-30-10-4-3-9-29(30)33-31-11-5-6-12-32(31)37-35(33)36-34/h1-21H. The van der Waals surface area contributed by atoms with Crippen molar-refractivity contribution in [3.05, 3.63) is 127 Å². The molecule has 0 bridgehead atoms. The topological polar surface area (TPSA) is 12.9 Å². The van der Waals surface area contributed by atoms with Crippen molar-refractivity contribution in [3.63, 3.8) is 0 Å². The molecule has 0 saturated heterocycles. The van der Waals surface area contributed by atoms with Crippen LogP contribution in [0.1, 0.15) is 0 Å². The van der Waals surface area contributed by atoms with Gasteiger partial charge in [-0.05, 0) is 50.2 Å². The quantitative estimate of drug-likeness (QED) is 0.221. The molecule has 0 atom stereocenters. The van der Waals surface area contributed by atoms with Crippen molar-refractivity contribution in [3.8, 4) is 22.4 Å². The highest BCUT2D eigenvalue weighted by atomic mass is 32.1. The van der Waals surface area contributed by atoms with Crippen molar-refractivity contribution >= 4 is 64.0 Å².